The highest BCUT2D eigenvalue weighted by Gasteiger charge is 2.06. The second-order valence-corrected chi connectivity index (χ2v) is 6.22. The number of unbranched alkanes of at least 4 members (excludes halogenated alkanes) is 6. The Balaban J connectivity index is 1.65. The van der Waals surface area contributed by atoms with E-state index < -0.39 is 0 Å². The molecule has 0 fully saturated rings. The molecule has 0 amide bonds. The summed E-state index contributed by atoms with van der Waals surface area (Å²) >= 11 is 1.70. The molecule has 1 aromatic carbocycles. The van der Waals surface area contributed by atoms with Crippen LogP contribution in [0.25, 0.3) is 11.1 Å². The van der Waals surface area contributed by atoms with Crippen molar-refractivity contribution in [2.45, 2.75) is 57.1 Å². The lowest BCUT2D eigenvalue weighted by Gasteiger charge is -1.99. The fourth-order valence-electron chi connectivity index (χ4n) is 2.20. The molecule has 0 spiro atoms. The van der Waals surface area contributed by atoms with Gasteiger partial charge in [0.05, 0.1) is 0 Å². The number of nitrogens with two attached hydrogens (primary N) is 1. The van der Waals surface area contributed by atoms with E-state index in [1.807, 2.05) is 18.2 Å². The van der Waals surface area contributed by atoms with Crippen LogP contribution in [-0.4, -0.2) is 10.7 Å². The third kappa shape index (κ3) is 4.75. The van der Waals surface area contributed by atoms with E-state index in [4.69, 9.17) is 10.2 Å². The van der Waals surface area contributed by atoms with E-state index >= 15 is 0 Å². The molecule has 2 aromatic rings. The fraction of sp³-hybridized carbons (Fsp3) is 0.562. The molecule has 0 saturated carbocycles. The van der Waals surface area contributed by atoms with Gasteiger partial charge in [0.25, 0.3) is 5.22 Å². The topological polar surface area (TPSA) is 52.0 Å². The van der Waals surface area contributed by atoms with Crippen LogP contribution in [0.5, 0.6) is 0 Å². The first-order valence-corrected chi connectivity index (χ1v) is 8.57. The highest BCUT2D eigenvalue weighted by molar-refractivity contribution is 7.99. The molecule has 1 heterocycles. The molecular weight excluding hydrogens is 268 g/mol. The number of thioether (sulfide) groups is 1. The molecule has 2 N–H and O–H groups in total. The lowest BCUT2D eigenvalue weighted by molar-refractivity contribution is 0.489. The molecular formula is C16H24N2OS. The first-order chi connectivity index (χ1) is 9.79. The van der Waals surface area contributed by atoms with Crippen LogP contribution in [0.15, 0.2) is 27.8 Å². The third-order valence-electron chi connectivity index (χ3n) is 3.37. The number of aromatic nitrogens is 1. The van der Waals surface area contributed by atoms with Gasteiger partial charge in [-0.05, 0) is 24.6 Å². The Hall–Kier alpha value is -1.16. The second kappa shape index (κ2) is 8.20. The smallest absolute Gasteiger partial charge is 0.256 e. The quantitative estimate of drug-likeness (QED) is 0.389. The van der Waals surface area contributed by atoms with Gasteiger partial charge in [-0.15, -0.1) is 0 Å². The Labute approximate surface area is 125 Å². The molecule has 1 aromatic heterocycles. The van der Waals surface area contributed by atoms with Crippen LogP contribution in [0.4, 0.5) is 5.69 Å². The van der Waals surface area contributed by atoms with Crippen LogP contribution in [0.2, 0.25) is 0 Å². The molecule has 0 aliphatic carbocycles. The molecule has 0 bridgehead atoms. The first-order valence-electron chi connectivity index (χ1n) is 7.58. The minimum absolute atomic E-state index is 0.731. The average Bonchev–Trinajstić information content (AvgIpc) is 2.83. The predicted octanol–water partition coefficient (Wildman–Crippen LogP) is 5.25. The van der Waals surface area contributed by atoms with Crippen LogP contribution in [-0.2, 0) is 0 Å². The Kier molecular flexibility index (Phi) is 6.25. The molecule has 0 saturated heterocycles. The van der Waals surface area contributed by atoms with Gasteiger partial charge in [0, 0.05) is 11.4 Å². The number of rotatable bonds is 9. The Morgan fingerprint density at radius 1 is 1.10 bits per heavy atom. The van der Waals surface area contributed by atoms with Gasteiger partial charge < -0.3 is 10.2 Å². The van der Waals surface area contributed by atoms with Gasteiger partial charge in [0.2, 0.25) is 0 Å². The van der Waals surface area contributed by atoms with Crippen molar-refractivity contribution in [1.82, 2.24) is 4.98 Å². The summed E-state index contributed by atoms with van der Waals surface area (Å²) < 4.78 is 5.68. The molecule has 0 aliphatic heterocycles. The summed E-state index contributed by atoms with van der Waals surface area (Å²) in [7, 11) is 0. The van der Waals surface area contributed by atoms with Crippen molar-refractivity contribution >= 4 is 28.5 Å². The molecule has 3 nitrogen and oxygen atoms in total. The number of hydrogen-bond acceptors (Lipinski definition) is 4. The van der Waals surface area contributed by atoms with Crippen molar-refractivity contribution in [2.24, 2.45) is 0 Å². The molecule has 0 aliphatic rings. The van der Waals surface area contributed by atoms with Crippen LogP contribution >= 0.6 is 11.8 Å². The average molecular weight is 292 g/mol. The maximum atomic E-state index is 5.73. The largest absolute Gasteiger partial charge is 0.431 e. The van der Waals surface area contributed by atoms with Crippen molar-refractivity contribution in [2.75, 3.05) is 11.5 Å². The number of nitrogen functional groups attached to an aromatic ring is 1. The minimum Gasteiger partial charge on any atom is -0.431 e. The van der Waals surface area contributed by atoms with E-state index in [1.165, 1.54) is 44.9 Å². The van der Waals surface area contributed by atoms with Crippen molar-refractivity contribution in [3.63, 3.8) is 0 Å². The number of oxazole rings is 1. The zero-order valence-electron chi connectivity index (χ0n) is 12.2. The number of fused-ring (bicyclic) bond motifs is 1. The summed E-state index contributed by atoms with van der Waals surface area (Å²) in [5.74, 6) is 1.08. The van der Waals surface area contributed by atoms with E-state index in [-0.39, 0.29) is 0 Å². The van der Waals surface area contributed by atoms with E-state index in [9.17, 15) is 0 Å². The minimum atomic E-state index is 0.731. The molecule has 0 radical (unpaired) electrons. The summed E-state index contributed by atoms with van der Waals surface area (Å²) in [5, 5.41) is 0.761. The van der Waals surface area contributed by atoms with Gasteiger partial charge in [-0.3, -0.25) is 0 Å². The fourth-order valence-corrected chi connectivity index (χ4v) is 3.04. The Bertz CT molecular complexity index is 524. The van der Waals surface area contributed by atoms with Crippen molar-refractivity contribution in [1.29, 1.82) is 0 Å². The Morgan fingerprint density at radius 2 is 1.85 bits per heavy atom. The van der Waals surface area contributed by atoms with Crippen LogP contribution in [0.3, 0.4) is 0 Å². The number of hydrogen-bond donors (Lipinski definition) is 1. The van der Waals surface area contributed by atoms with Gasteiger partial charge in [-0.2, -0.15) is 0 Å². The van der Waals surface area contributed by atoms with Crippen LogP contribution in [0.1, 0.15) is 51.9 Å². The van der Waals surface area contributed by atoms with Gasteiger partial charge in [-0.25, -0.2) is 4.98 Å². The molecule has 4 heteroatoms. The van der Waals surface area contributed by atoms with E-state index in [0.29, 0.717) is 0 Å². The lowest BCUT2D eigenvalue weighted by atomic mass is 10.1. The number of nitrogens with zero attached hydrogens (tertiary/aromatic N) is 1. The van der Waals surface area contributed by atoms with Gasteiger partial charge in [0.1, 0.15) is 5.52 Å². The SMILES string of the molecule is CCCCCCCCCSc1nc2cc(N)ccc2o1. The van der Waals surface area contributed by atoms with Crippen molar-refractivity contribution in [3.05, 3.63) is 18.2 Å². The highest BCUT2D eigenvalue weighted by atomic mass is 32.2. The molecule has 2 rings (SSSR count). The standard InChI is InChI=1S/C16H24N2OS/c1-2-3-4-5-6-7-8-11-20-16-18-14-12-13(17)9-10-15(14)19-16/h9-10,12H,2-8,11,17H2,1H3. The van der Waals surface area contributed by atoms with Gasteiger partial charge in [0.15, 0.2) is 5.58 Å². The molecule has 0 atom stereocenters. The maximum Gasteiger partial charge on any atom is 0.256 e. The summed E-state index contributed by atoms with van der Waals surface area (Å²) in [5.41, 5.74) is 8.14. The number of anilines is 1. The van der Waals surface area contributed by atoms with Crippen molar-refractivity contribution < 1.29 is 4.42 Å². The molecule has 20 heavy (non-hydrogen) atoms. The third-order valence-corrected chi connectivity index (χ3v) is 4.28. The zero-order chi connectivity index (χ0) is 14.2. The summed E-state index contributed by atoms with van der Waals surface area (Å²) in [6.45, 7) is 2.25. The molecule has 110 valence electrons. The summed E-state index contributed by atoms with van der Waals surface area (Å²) in [4.78, 5) is 4.45. The highest BCUT2D eigenvalue weighted by Crippen LogP contribution is 2.25. The van der Waals surface area contributed by atoms with E-state index in [2.05, 4.69) is 11.9 Å². The van der Waals surface area contributed by atoms with Gasteiger partial charge in [-0.1, -0.05) is 57.2 Å². The summed E-state index contributed by atoms with van der Waals surface area (Å²) in [6.07, 6.45) is 9.35. The first kappa shape index (κ1) is 15.2. The lowest BCUT2D eigenvalue weighted by Crippen LogP contribution is -1.83. The number of benzene rings is 1. The van der Waals surface area contributed by atoms with E-state index in [0.717, 1.165) is 27.8 Å². The van der Waals surface area contributed by atoms with Crippen molar-refractivity contribution in [3.8, 4) is 0 Å². The monoisotopic (exact) mass is 292 g/mol. The normalized spacial score (nSPS) is 11.2. The predicted molar refractivity (Wildman–Crippen MR) is 87.1 cm³/mol. The zero-order valence-corrected chi connectivity index (χ0v) is 13.0. The van der Waals surface area contributed by atoms with Crippen LogP contribution < -0.4 is 5.73 Å². The van der Waals surface area contributed by atoms with Crippen LogP contribution in [0, 0.1) is 0 Å². The van der Waals surface area contributed by atoms with Gasteiger partial charge >= 0.3 is 0 Å². The Morgan fingerprint density at radius 3 is 2.65 bits per heavy atom. The second-order valence-electron chi connectivity index (χ2n) is 5.18. The van der Waals surface area contributed by atoms with E-state index in [1.54, 1.807) is 11.8 Å². The molecule has 0 unspecified atom stereocenters. The maximum absolute atomic E-state index is 5.73. The summed E-state index contributed by atoms with van der Waals surface area (Å²) in [6, 6.07) is 5.59.